The van der Waals surface area contributed by atoms with E-state index in [-0.39, 0.29) is 5.56 Å². The molecule has 0 atom stereocenters. The maximum Gasteiger partial charge on any atom is 0.141 e. The molecule has 6 nitrogen and oxygen atoms in total. The number of nitrogens with one attached hydrogen (secondary N) is 1. The van der Waals surface area contributed by atoms with E-state index in [1.165, 1.54) is 12.1 Å². The summed E-state index contributed by atoms with van der Waals surface area (Å²) in [5.74, 6) is 0.362. The van der Waals surface area contributed by atoms with Crippen molar-refractivity contribution in [2.75, 3.05) is 25.0 Å². The van der Waals surface area contributed by atoms with Crippen LogP contribution in [0.3, 0.4) is 0 Å². The molecule has 0 radical (unpaired) electrons. The van der Waals surface area contributed by atoms with Gasteiger partial charge in [-0.3, -0.25) is 4.68 Å². The molecule has 1 N–H and O–H groups in total. The van der Waals surface area contributed by atoms with Crippen LogP contribution >= 0.6 is 0 Å². The molecule has 0 saturated carbocycles. The smallest absolute Gasteiger partial charge is 0.141 e. The van der Waals surface area contributed by atoms with Crippen LogP contribution in [0.4, 0.5) is 10.2 Å². The maximum atomic E-state index is 14.6. The first-order valence-corrected chi connectivity index (χ1v) is 11.1. The lowest BCUT2D eigenvalue weighted by Crippen LogP contribution is -2.41. The fourth-order valence-corrected chi connectivity index (χ4v) is 4.56. The third kappa shape index (κ3) is 4.06. The monoisotopic (exact) mass is 440 g/mol. The number of hydrogen-bond acceptors (Lipinski definition) is 5. The molecule has 33 heavy (non-hydrogen) atoms. The van der Waals surface area contributed by atoms with Crippen molar-refractivity contribution in [3.63, 3.8) is 0 Å². The first-order valence-electron chi connectivity index (χ1n) is 11.1. The minimum absolute atomic E-state index is 0.0404. The summed E-state index contributed by atoms with van der Waals surface area (Å²) in [6.45, 7) is 1.83. The normalized spacial score (nSPS) is 14.5. The van der Waals surface area contributed by atoms with Crippen molar-refractivity contribution >= 4 is 16.7 Å². The van der Waals surface area contributed by atoms with Gasteiger partial charge in [0.2, 0.25) is 0 Å². The standard InChI is InChI=1S/C26H25FN6/c1-29-21-7-9-33(10-8-21)26-13-22(17-3-5-19(14-28)24(27)11-17)23(15-30-26)18-4-6-20-16-32(2)31-25(20)12-18/h3-6,11-13,15-16,21,29H,7-10H2,1-2H3. The van der Waals surface area contributed by atoms with Gasteiger partial charge in [-0.1, -0.05) is 18.2 Å². The van der Waals surface area contributed by atoms with Crippen LogP contribution in [0.5, 0.6) is 0 Å². The highest BCUT2D eigenvalue weighted by Crippen LogP contribution is 2.36. The van der Waals surface area contributed by atoms with E-state index in [0.29, 0.717) is 6.04 Å². The van der Waals surface area contributed by atoms with Gasteiger partial charge in [-0.05, 0) is 60.8 Å². The van der Waals surface area contributed by atoms with Crippen molar-refractivity contribution in [1.29, 1.82) is 5.26 Å². The first-order chi connectivity index (χ1) is 16.1. The Morgan fingerprint density at radius 2 is 1.82 bits per heavy atom. The average molecular weight is 441 g/mol. The minimum Gasteiger partial charge on any atom is -0.356 e. The van der Waals surface area contributed by atoms with Crippen LogP contribution in [-0.4, -0.2) is 40.9 Å². The number of aryl methyl sites for hydroxylation is 1. The van der Waals surface area contributed by atoms with Crippen molar-refractivity contribution in [2.24, 2.45) is 7.05 Å². The van der Waals surface area contributed by atoms with Gasteiger partial charge in [0.25, 0.3) is 0 Å². The third-order valence-corrected chi connectivity index (χ3v) is 6.45. The van der Waals surface area contributed by atoms with E-state index in [2.05, 4.69) is 15.3 Å². The molecular weight excluding hydrogens is 415 g/mol. The Hall–Kier alpha value is -3.76. The number of piperidine rings is 1. The molecule has 1 saturated heterocycles. The Morgan fingerprint density at radius 1 is 1.06 bits per heavy atom. The second kappa shape index (κ2) is 8.64. The Kier molecular flexibility index (Phi) is 5.53. The molecule has 1 aliphatic rings. The zero-order valence-corrected chi connectivity index (χ0v) is 18.7. The van der Waals surface area contributed by atoms with Crippen LogP contribution < -0.4 is 10.2 Å². The summed E-state index contributed by atoms with van der Waals surface area (Å²) in [5, 5.41) is 18.1. The number of anilines is 1. The van der Waals surface area contributed by atoms with Crippen molar-refractivity contribution in [3.05, 3.63) is 66.2 Å². The van der Waals surface area contributed by atoms with Gasteiger partial charge in [0, 0.05) is 49.5 Å². The Balaban J connectivity index is 1.61. The highest BCUT2D eigenvalue weighted by Gasteiger charge is 2.21. The number of aromatic nitrogens is 3. The van der Waals surface area contributed by atoms with E-state index >= 15 is 0 Å². The van der Waals surface area contributed by atoms with Crippen molar-refractivity contribution < 1.29 is 4.39 Å². The zero-order chi connectivity index (χ0) is 22.9. The molecule has 2 aromatic heterocycles. The second-order valence-electron chi connectivity index (χ2n) is 8.52. The Bertz CT molecular complexity index is 1360. The molecule has 0 spiro atoms. The second-order valence-corrected chi connectivity index (χ2v) is 8.52. The van der Waals surface area contributed by atoms with E-state index in [1.807, 2.05) is 56.8 Å². The molecule has 0 bridgehead atoms. The van der Waals surface area contributed by atoms with Crippen LogP contribution in [0.25, 0.3) is 33.2 Å². The molecule has 2 aromatic carbocycles. The molecule has 1 aliphatic heterocycles. The van der Waals surface area contributed by atoms with Crippen LogP contribution in [0.2, 0.25) is 0 Å². The molecule has 3 heterocycles. The zero-order valence-electron chi connectivity index (χ0n) is 18.7. The molecule has 166 valence electrons. The van der Waals surface area contributed by atoms with Gasteiger partial charge in [0.1, 0.15) is 17.7 Å². The van der Waals surface area contributed by atoms with Gasteiger partial charge >= 0.3 is 0 Å². The van der Waals surface area contributed by atoms with E-state index in [1.54, 1.807) is 10.7 Å². The summed E-state index contributed by atoms with van der Waals surface area (Å²) in [4.78, 5) is 7.07. The largest absolute Gasteiger partial charge is 0.356 e. The number of pyridine rings is 1. The molecule has 4 aromatic rings. The number of halogens is 1. The quantitative estimate of drug-likeness (QED) is 0.506. The summed E-state index contributed by atoms with van der Waals surface area (Å²) >= 11 is 0. The van der Waals surface area contributed by atoms with Gasteiger partial charge in [0.05, 0.1) is 11.1 Å². The fourth-order valence-electron chi connectivity index (χ4n) is 4.56. The summed E-state index contributed by atoms with van der Waals surface area (Å²) in [7, 11) is 3.90. The predicted octanol–water partition coefficient (Wildman–Crippen LogP) is 4.50. The average Bonchev–Trinajstić information content (AvgIpc) is 3.23. The highest BCUT2D eigenvalue weighted by molar-refractivity contribution is 5.90. The lowest BCUT2D eigenvalue weighted by atomic mass is 9.94. The molecule has 5 rings (SSSR count). The molecule has 0 aliphatic carbocycles. The van der Waals surface area contributed by atoms with Gasteiger partial charge in [-0.25, -0.2) is 9.37 Å². The molecular formula is C26H25FN6. The highest BCUT2D eigenvalue weighted by atomic mass is 19.1. The van der Waals surface area contributed by atoms with Crippen LogP contribution in [-0.2, 0) is 7.05 Å². The van der Waals surface area contributed by atoms with Gasteiger partial charge in [-0.15, -0.1) is 0 Å². The molecule has 0 unspecified atom stereocenters. The van der Waals surface area contributed by atoms with Crippen molar-refractivity contribution in [1.82, 2.24) is 20.1 Å². The van der Waals surface area contributed by atoms with Gasteiger partial charge < -0.3 is 10.2 Å². The number of hydrogen-bond donors (Lipinski definition) is 1. The van der Waals surface area contributed by atoms with Gasteiger partial charge in [0.15, 0.2) is 0 Å². The van der Waals surface area contributed by atoms with Crippen molar-refractivity contribution in [2.45, 2.75) is 18.9 Å². The maximum absolute atomic E-state index is 14.6. The molecule has 0 amide bonds. The Labute approximate surface area is 192 Å². The van der Waals surface area contributed by atoms with Crippen LogP contribution in [0, 0.1) is 17.1 Å². The number of benzene rings is 2. The summed E-state index contributed by atoms with van der Waals surface area (Å²) in [6, 6.07) is 15.4. The van der Waals surface area contributed by atoms with E-state index in [9.17, 15) is 4.39 Å². The minimum atomic E-state index is -0.519. The van der Waals surface area contributed by atoms with Gasteiger partial charge in [-0.2, -0.15) is 10.4 Å². The predicted molar refractivity (Wildman–Crippen MR) is 128 cm³/mol. The number of rotatable bonds is 4. The van der Waals surface area contributed by atoms with E-state index in [0.717, 1.165) is 64.9 Å². The summed E-state index contributed by atoms with van der Waals surface area (Å²) < 4.78 is 16.3. The van der Waals surface area contributed by atoms with Crippen LogP contribution in [0.1, 0.15) is 18.4 Å². The number of nitrogens with zero attached hydrogens (tertiary/aromatic N) is 5. The fraction of sp³-hybridized carbons (Fsp3) is 0.269. The lowest BCUT2D eigenvalue weighted by Gasteiger charge is -2.33. The first kappa shape index (κ1) is 21.1. The van der Waals surface area contributed by atoms with Crippen LogP contribution in [0.15, 0.2) is 54.9 Å². The molecule has 7 heteroatoms. The van der Waals surface area contributed by atoms with Crippen molar-refractivity contribution in [3.8, 4) is 28.3 Å². The van der Waals surface area contributed by atoms with E-state index < -0.39 is 5.82 Å². The SMILES string of the molecule is CNC1CCN(c2cc(-c3ccc(C#N)c(F)c3)c(-c3ccc4cn(C)nc4c3)cn2)CC1. The summed E-state index contributed by atoms with van der Waals surface area (Å²) in [5.41, 5.74) is 4.41. The molecule has 1 fully saturated rings. The summed E-state index contributed by atoms with van der Waals surface area (Å²) in [6.07, 6.45) is 5.95. The Morgan fingerprint density at radius 3 is 2.55 bits per heavy atom. The number of nitriles is 1. The third-order valence-electron chi connectivity index (χ3n) is 6.45. The number of fused-ring (bicyclic) bond motifs is 1. The van der Waals surface area contributed by atoms with E-state index in [4.69, 9.17) is 10.2 Å². The lowest BCUT2D eigenvalue weighted by molar-refractivity contribution is 0.441. The topological polar surface area (TPSA) is 69.8 Å².